The molecule has 0 radical (unpaired) electrons. The summed E-state index contributed by atoms with van der Waals surface area (Å²) in [7, 11) is 0. The van der Waals surface area contributed by atoms with Crippen LogP contribution in [0, 0.1) is 0 Å². The molecule has 1 aliphatic carbocycles. The maximum atomic E-state index is 6.26. The molecule has 0 aliphatic heterocycles. The fourth-order valence-electron chi connectivity index (χ4n) is 1.75. The SMILES string of the molecule is NC1(Cc2cscn2)CC=CCC1. The summed E-state index contributed by atoms with van der Waals surface area (Å²) in [6.07, 6.45) is 8.51. The van der Waals surface area contributed by atoms with Gasteiger partial charge in [-0.25, -0.2) is 4.98 Å². The molecule has 2 nitrogen and oxygen atoms in total. The first-order chi connectivity index (χ1) is 6.29. The smallest absolute Gasteiger partial charge is 0.0794 e. The van der Waals surface area contributed by atoms with Crippen LogP contribution in [0.2, 0.25) is 0 Å². The van der Waals surface area contributed by atoms with Gasteiger partial charge in [-0.15, -0.1) is 11.3 Å². The molecule has 2 N–H and O–H groups in total. The van der Waals surface area contributed by atoms with Gasteiger partial charge in [-0.05, 0) is 19.3 Å². The van der Waals surface area contributed by atoms with Crippen molar-refractivity contribution in [3.63, 3.8) is 0 Å². The Kier molecular flexibility index (Phi) is 2.47. The first kappa shape index (κ1) is 8.91. The number of nitrogens with two attached hydrogens (primary N) is 1. The summed E-state index contributed by atoms with van der Waals surface area (Å²) in [5.74, 6) is 0. The quantitative estimate of drug-likeness (QED) is 0.732. The Morgan fingerprint density at radius 3 is 3.08 bits per heavy atom. The van der Waals surface area contributed by atoms with Gasteiger partial charge in [0.1, 0.15) is 0 Å². The third-order valence-corrected chi connectivity index (χ3v) is 3.15. The molecular weight excluding hydrogens is 180 g/mol. The predicted octanol–water partition coefficient (Wildman–Crippen LogP) is 2.12. The van der Waals surface area contributed by atoms with E-state index in [0.29, 0.717) is 0 Å². The van der Waals surface area contributed by atoms with E-state index in [1.54, 1.807) is 11.3 Å². The van der Waals surface area contributed by atoms with Crippen LogP contribution in [0.15, 0.2) is 23.0 Å². The molecule has 0 bridgehead atoms. The molecule has 13 heavy (non-hydrogen) atoms. The molecule has 0 amide bonds. The van der Waals surface area contributed by atoms with E-state index in [1.165, 1.54) is 0 Å². The predicted molar refractivity (Wildman–Crippen MR) is 55.7 cm³/mol. The zero-order valence-electron chi connectivity index (χ0n) is 7.57. The summed E-state index contributed by atoms with van der Waals surface area (Å²) in [6, 6.07) is 0. The average molecular weight is 194 g/mol. The lowest BCUT2D eigenvalue weighted by Crippen LogP contribution is -2.42. The molecule has 0 saturated heterocycles. The molecule has 3 heteroatoms. The van der Waals surface area contributed by atoms with Crippen LogP contribution in [0.3, 0.4) is 0 Å². The number of hydrogen-bond acceptors (Lipinski definition) is 3. The Labute approximate surface area is 82.5 Å². The van der Waals surface area contributed by atoms with E-state index in [2.05, 4.69) is 22.5 Å². The summed E-state index contributed by atoms with van der Waals surface area (Å²) in [4.78, 5) is 4.27. The van der Waals surface area contributed by atoms with Gasteiger partial charge in [0.05, 0.1) is 11.2 Å². The molecule has 0 fully saturated rings. The van der Waals surface area contributed by atoms with Gasteiger partial charge in [-0.3, -0.25) is 0 Å². The molecule has 1 unspecified atom stereocenters. The fraction of sp³-hybridized carbons (Fsp3) is 0.500. The Morgan fingerprint density at radius 1 is 1.54 bits per heavy atom. The van der Waals surface area contributed by atoms with Crippen molar-refractivity contribution in [3.05, 3.63) is 28.7 Å². The molecule has 1 atom stereocenters. The maximum absolute atomic E-state index is 6.26. The highest BCUT2D eigenvalue weighted by molar-refractivity contribution is 7.07. The molecule has 70 valence electrons. The summed E-state index contributed by atoms with van der Waals surface area (Å²) < 4.78 is 0. The third kappa shape index (κ3) is 2.17. The van der Waals surface area contributed by atoms with Gasteiger partial charge in [0.25, 0.3) is 0 Å². The zero-order valence-corrected chi connectivity index (χ0v) is 8.39. The van der Waals surface area contributed by atoms with Crippen LogP contribution in [0.4, 0.5) is 0 Å². The minimum atomic E-state index is -0.0389. The van der Waals surface area contributed by atoms with Crippen molar-refractivity contribution in [1.82, 2.24) is 4.98 Å². The Bertz CT molecular complexity index is 292. The average Bonchev–Trinajstić information content (AvgIpc) is 2.57. The largest absolute Gasteiger partial charge is 0.324 e. The number of rotatable bonds is 2. The van der Waals surface area contributed by atoms with Gasteiger partial charge in [0.15, 0.2) is 0 Å². The first-order valence-corrected chi connectivity index (χ1v) is 5.54. The van der Waals surface area contributed by atoms with Gasteiger partial charge in [0.2, 0.25) is 0 Å². The van der Waals surface area contributed by atoms with Gasteiger partial charge in [-0.2, -0.15) is 0 Å². The molecule has 1 heterocycles. The summed E-state index contributed by atoms with van der Waals surface area (Å²) >= 11 is 1.64. The van der Waals surface area contributed by atoms with E-state index in [0.717, 1.165) is 31.4 Å². The number of hydrogen-bond donors (Lipinski definition) is 1. The lowest BCUT2D eigenvalue weighted by Gasteiger charge is -2.29. The number of allylic oxidation sites excluding steroid dienone is 1. The van der Waals surface area contributed by atoms with E-state index < -0.39 is 0 Å². The van der Waals surface area contributed by atoms with Gasteiger partial charge in [0, 0.05) is 17.3 Å². The number of nitrogens with zero attached hydrogens (tertiary/aromatic N) is 1. The molecule has 0 aromatic carbocycles. The Morgan fingerprint density at radius 2 is 2.46 bits per heavy atom. The highest BCUT2D eigenvalue weighted by atomic mass is 32.1. The molecule has 0 spiro atoms. The molecule has 1 aliphatic rings. The topological polar surface area (TPSA) is 38.9 Å². The van der Waals surface area contributed by atoms with E-state index in [9.17, 15) is 0 Å². The van der Waals surface area contributed by atoms with Crippen LogP contribution in [0.5, 0.6) is 0 Å². The normalized spacial score (nSPS) is 27.8. The minimum absolute atomic E-state index is 0.0389. The van der Waals surface area contributed by atoms with Crippen LogP contribution in [0.25, 0.3) is 0 Å². The second-order valence-corrected chi connectivity index (χ2v) is 4.45. The number of aromatic nitrogens is 1. The summed E-state index contributed by atoms with van der Waals surface area (Å²) in [5.41, 5.74) is 9.24. The molecule has 1 aromatic rings. The third-order valence-electron chi connectivity index (χ3n) is 2.52. The van der Waals surface area contributed by atoms with Crippen LogP contribution in [-0.2, 0) is 6.42 Å². The number of thiazole rings is 1. The van der Waals surface area contributed by atoms with Crippen LogP contribution >= 0.6 is 11.3 Å². The Balaban J connectivity index is 2.04. The van der Waals surface area contributed by atoms with Crippen molar-refractivity contribution in [2.75, 3.05) is 0 Å². The van der Waals surface area contributed by atoms with Crippen molar-refractivity contribution < 1.29 is 0 Å². The van der Waals surface area contributed by atoms with E-state index in [-0.39, 0.29) is 5.54 Å². The maximum Gasteiger partial charge on any atom is 0.0794 e. The second kappa shape index (κ2) is 3.60. The van der Waals surface area contributed by atoms with E-state index >= 15 is 0 Å². The minimum Gasteiger partial charge on any atom is -0.324 e. The molecule has 1 aromatic heterocycles. The fourth-order valence-corrected chi connectivity index (χ4v) is 2.31. The molecular formula is C10H14N2S. The highest BCUT2D eigenvalue weighted by Crippen LogP contribution is 2.24. The molecule has 2 rings (SSSR count). The van der Waals surface area contributed by atoms with E-state index in [1.807, 2.05) is 5.51 Å². The van der Waals surface area contributed by atoms with Crippen molar-refractivity contribution in [2.24, 2.45) is 5.73 Å². The first-order valence-electron chi connectivity index (χ1n) is 4.59. The van der Waals surface area contributed by atoms with Crippen molar-refractivity contribution >= 4 is 11.3 Å². The lowest BCUT2D eigenvalue weighted by atomic mass is 9.83. The second-order valence-electron chi connectivity index (χ2n) is 3.73. The van der Waals surface area contributed by atoms with Gasteiger partial charge < -0.3 is 5.73 Å². The van der Waals surface area contributed by atoms with Gasteiger partial charge >= 0.3 is 0 Å². The summed E-state index contributed by atoms with van der Waals surface area (Å²) in [5, 5.41) is 2.09. The molecule has 0 saturated carbocycles. The Hall–Kier alpha value is -0.670. The van der Waals surface area contributed by atoms with Crippen LogP contribution in [0.1, 0.15) is 25.0 Å². The lowest BCUT2D eigenvalue weighted by molar-refractivity contribution is 0.382. The van der Waals surface area contributed by atoms with Crippen molar-refractivity contribution in [2.45, 2.75) is 31.2 Å². The van der Waals surface area contributed by atoms with Crippen molar-refractivity contribution in [3.8, 4) is 0 Å². The van der Waals surface area contributed by atoms with Crippen LogP contribution < -0.4 is 5.73 Å². The monoisotopic (exact) mass is 194 g/mol. The standard InChI is InChI=1S/C10H14N2S/c11-10(4-2-1-3-5-10)6-9-7-13-8-12-9/h1-2,7-8H,3-6,11H2. The van der Waals surface area contributed by atoms with Crippen LogP contribution in [-0.4, -0.2) is 10.5 Å². The summed E-state index contributed by atoms with van der Waals surface area (Å²) in [6.45, 7) is 0. The highest BCUT2D eigenvalue weighted by Gasteiger charge is 2.25. The van der Waals surface area contributed by atoms with E-state index in [4.69, 9.17) is 5.73 Å². The van der Waals surface area contributed by atoms with Gasteiger partial charge in [-0.1, -0.05) is 12.2 Å². The van der Waals surface area contributed by atoms with Crippen molar-refractivity contribution in [1.29, 1.82) is 0 Å². The zero-order chi connectivity index (χ0) is 9.15.